The van der Waals surface area contributed by atoms with E-state index in [2.05, 4.69) is 45.0 Å². The summed E-state index contributed by atoms with van der Waals surface area (Å²) >= 11 is 0. The Hall–Kier alpha value is -4.25. The van der Waals surface area contributed by atoms with E-state index in [-0.39, 0.29) is 18.1 Å². The second-order valence-corrected chi connectivity index (χ2v) is 12.0. The Labute approximate surface area is 253 Å². The largest absolute Gasteiger partial charge is 0.370 e. The van der Waals surface area contributed by atoms with Crippen molar-refractivity contribution in [2.45, 2.75) is 37.8 Å². The summed E-state index contributed by atoms with van der Waals surface area (Å²) in [5, 5.41) is 10.1. The average molecular weight is 572 g/mol. The van der Waals surface area contributed by atoms with Crippen LogP contribution in [0.25, 0.3) is 22.0 Å². The van der Waals surface area contributed by atoms with Crippen LogP contribution in [0, 0.1) is 11.3 Å². The molecule has 2 atom stereocenters. The van der Waals surface area contributed by atoms with Gasteiger partial charge >= 0.3 is 0 Å². The molecule has 4 aromatic rings. The SMILES string of the molecule is N#Cc1ccc(-c2ccc3nc(N4CCOC(c5ccccc5)C4)cc(C(=O)N4CCC[C@H]4CN4CCCC4)c3c2)cc1. The van der Waals surface area contributed by atoms with Gasteiger partial charge in [0.2, 0.25) is 0 Å². The molecular weight excluding hydrogens is 534 g/mol. The van der Waals surface area contributed by atoms with Gasteiger partial charge in [-0.05, 0) is 85.8 Å². The molecule has 218 valence electrons. The van der Waals surface area contributed by atoms with E-state index in [0.717, 1.165) is 79.0 Å². The highest BCUT2D eigenvalue weighted by atomic mass is 16.5. The second-order valence-electron chi connectivity index (χ2n) is 12.0. The predicted octanol–water partition coefficient (Wildman–Crippen LogP) is 6.05. The fraction of sp³-hybridized carbons (Fsp3) is 0.361. The molecule has 7 nitrogen and oxygen atoms in total. The molecule has 0 bridgehead atoms. The lowest BCUT2D eigenvalue weighted by Crippen LogP contribution is -2.43. The van der Waals surface area contributed by atoms with Crippen LogP contribution in [0.5, 0.6) is 0 Å². The molecule has 1 amide bonds. The van der Waals surface area contributed by atoms with Crippen molar-refractivity contribution < 1.29 is 9.53 Å². The first-order valence-corrected chi connectivity index (χ1v) is 15.6. The molecular formula is C36H37N5O2. The van der Waals surface area contributed by atoms with Crippen molar-refractivity contribution in [1.29, 1.82) is 5.26 Å². The van der Waals surface area contributed by atoms with Crippen molar-refractivity contribution in [2.75, 3.05) is 50.8 Å². The Morgan fingerprint density at radius 3 is 2.49 bits per heavy atom. The zero-order chi connectivity index (χ0) is 29.2. The number of amides is 1. The van der Waals surface area contributed by atoms with Gasteiger partial charge in [0.25, 0.3) is 5.91 Å². The first-order chi connectivity index (χ1) is 21.2. The number of likely N-dealkylation sites (tertiary alicyclic amines) is 2. The van der Waals surface area contributed by atoms with E-state index >= 15 is 0 Å². The number of rotatable bonds is 6. The molecule has 7 heteroatoms. The molecule has 3 aliphatic heterocycles. The first kappa shape index (κ1) is 27.6. The molecule has 4 heterocycles. The number of fused-ring (bicyclic) bond motifs is 1. The minimum Gasteiger partial charge on any atom is -0.370 e. The number of morpholine rings is 1. The molecule has 3 aliphatic rings. The number of pyridine rings is 1. The van der Waals surface area contributed by atoms with Crippen LogP contribution in [0.2, 0.25) is 0 Å². The summed E-state index contributed by atoms with van der Waals surface area (Å²) in [4.78, 5) is 26.5. The summed E-state index contributed by atoms with van der Waals surface area (Å²) in [5.41, 5.74) is 5.33. The van der Waals surface area contributed by atoms with Crippen LogP contribution < -0.4 is 4.90 Å². The molecule has 3 fully saturated rings. The number of carbonyl (C=O) groups excluding carboxylic acids is 1. The number of hydrogen-bond donors (Lipinski definition) is 0. The van der Waals surface area contributed by atoms with Crippen LogP contribution in [0.1, 0.15) is 53.3 Å². The number of aromatic nitrogens is 1. The first-order valence-electron chi connectivity index (χ1n) is 15.6. The van der Waals surface area contributed by atoms with E-state index in [4.69, 9.17) is 9.72 Å². The maximum absolute atomic E-state index is 14.5. The quantitative estimate of drug-likeness (QED) is 0.281. The zero-order valence-electron chi connectivity index (χ0n) is 24.5. The van der Waals surface area contributed by atoms with Crippen LogP contribution in [-0.2, 0) is 4.74 Å². The third-order valence-electron chi connectivity index (χ3n) is 9.24. The molecule has 3 saturated heterocycles. The van der Waals surface area contributed by atoms with Gasteiger partial charge in [0.15, 0.2) is 0 Å². The molecule has 0 spiro atoms. The smallest absolute Gasteiger partial charge is 0.254 e. The number of hydrogen-bond acceptors (Lipinski definition) is 6. The summed E-state index contributed by atoms with van der Waals surface area (Å²) in [7, 11) is 0. The van der Waals surface area contributed by atoms with Crippen molar-refractivity contribution in [3.8, 4) is 17.2 Å². The number of nitriles is 1. The van der Waals surface area contributed by atoms with E-state index in [0.29, 0.717) is 24.3 Å². The highest BCUT2D eigenvalue weighted by Gasteiger charge is 2.33. The highest BCUT2D eigenvalue weighted by Crippen LogP contribution is 2.33. The van der Waals surface area contributed by atoms with Crippen molar-refractivity contribution in [1.82, 2.24) is 14.8 Å². The predicted molar refractivity (Wildman–Crippen MR) is 169 cm³/mol. The van der Waals surface area contributed by atoms with E-state index in [9.17, 15) is 10.1 Å². The van der Waals surface area contributed by atoms with Crippen LogP contribution in [0.4, 0.5) is 5.82 Å². The molecule has 0 aliphatic carbocycles. The van der Waals surface area contributed by atoms with Crippen LogP contribution in [0.15, 0.2) is 78.9 Å². The van der Waals surface area contributed by atoms with Gasteiger partial charge in [-0.25, -0.2) is 4.98 Å². The molecule has 1 aromatic heterocycles. The van der Waals surface area contributed by atoms with Crippen molar-refractivity contribution in [2.24, 2.45) is 0 Å². The van der Waals surface area contributed by atoms with E-state index < -0.39 is 0 Å². The van der Waals surface area contributed by atoms with Gasteiger partial charge < -0.3 is 19.4 Å². The standard InChI is InChI=1S/C36H37N5O2/c37-23-26-10-12-27(13-11-26)29-14-15-33-31(21-29)32(36(42)41-18-6-9-30(41)24-39-16-4-5-17-39)22-35(38-33)40-19-20-43-34(25-40)28-7-2-1-3-8-28/h1-3,7-8,10-15,21-22,30,34H,4-6,9,16-20,24-25H2/t30-,34?/m0/s1. The van der Waals surface area contributed by atoms with Crippen molar-refractivity contribution in [3.63, 3.8) is 0 Å². The molecule has 7 rings (SSSR count). The van der Waals surface area contributed by atoms with Gasteiger partial charge in [0.05, 0.1) is 29.3 Å². The van der Waals surface area contributed by atoms with Gasteiger partial charge in [-0.3, -0.25) is 4.79 Å². The molecule has 1 unspecified atom stereocenters. The lowest BCUT2D eigenvalue weighted by atomic mass is 9.99. The number of nitrogens with zero attached hydrogens (tertiary/aromatic N) is 5. The molecule has 0 N–H and O–H groups in total. The topological polar surface area (TPSA) is 72.7 Å². The lowest BCUT2D eigenvalue weighted by molar-refractivity contribution is 0.0395. The minimum atomic E-state index is -0.0474. The Morgan fingerprint density at radius 2 is 1.70 bits per heavy atom. The van der Waals surface area contributed by atoms with E-state index in [1.54, 1.807) is 0 Å². The van der Waals surface area contributed by atoms with E-state index in [1.165, 1.54) is 12.8 Å². The number of ether oxygens (including phenoxy) is 1. The molecule has 0 radical (unpaired) electrons. The second kappa shape index (κ2) is 12.2. The van der Waals surface area contributed by atoms with Crippen LogP contribution in [0.3, 0.4) is 0 Å². The Morgan fingerprint density at radius 1 is 0.907 bits per heavy atom. The number of benzene rings is 3. The fourth-order valence-electron chi connectivity index (χ4n) is 6.91. The Kier molecular flexibility index (Phi) is 7.80. The minimum absolute atomic E-state index is 0.0474. The van der Waals surface area contributed by atoms with Gasteiger partial charge in [-0.2, -0.15) is 5.26 Å². The summed E-state index contributed by atoms with van der Waals surface area (Å²) in [6, 6.07) is 28.6. The zero-order valence-corrected chi connectivity index (χ0v) is 24.5. The maximum Gasteiger partial charge on any atom is 0.254 e. The lowest BCUT2D eigenvalue weighted by Gasteiger charge is -2.34. The van der Waals surface area contributed by atoms with Crippen molar-refractivity contribution in [3.05, 3.63) is 95.6 Å². The third kappa shape index (κ3) is 5.73. The third-order valence-corrected chi connectivity index (χ3v) is 9.24. The summed E-state index contributed by atoms with van der Waals surface area (Å²) in [5.74, 6) is 0.918. The number of carbonyl (C=O) groups is 1. The van der Waals surface area contributed by atoms with E-state index in [1.807, 2.05) is 54.6 Å². The van der Waals surface area contributed by atoms with Crippen LogP contribution in [-0.4, -0.2) is 72.6 Å². The summed E-state index contributed by atoms with van der Waals surface area (Å²) < 4.78 is 6.15. The average Bonchev–Trinajstić information content (AvgIpc) is 3.77. The van der Waals surface area contributed by atoms with Crippen molar-refractivity contribution >= 4 is 22.6 Å². The van der Waals surface area contributed by atoms with Crippen LogP contribution >= 0.6 is 0 Å². The maximum atomic E-state index is 14.5. The number of anilines is 1. The van der Waals surface area contributed by atoms with Gasteiger partial charge in [0, 0.05) is 37.6 Å². The van der Waals surface area contributed by atoms with Gasteiger partial charge in [0.1, 0.15) is 11.9 Å². The summed E-state index contributed by atoms with van der Waals surface area (Å²) in [6.07, 6.45) is 4.55. The normalized spacial score (nSPS) is 20.9. The molecule has 3 aromatic carbocycles. The Bertz CT molecular complexity index is 1640. The summed E-state index contributed by atoms with van der Waals surface area (Å²) in [6.45, 7) is 6.02. The molecule has 43 heavy (non-hydrogen) atoms. The van der Waals surface area contributed by atoms with Gasteiger partial charge in [-0.1, -0.05) is 48.5 Å². The highest BCUT2D eigenvalue weighted by molar-refractivity contribution is 6.08. The van der Waals surface area contributed by atoms with Gasteiger partial charge in [-0.15, -0.1) is 0 Å². The fourth-order valence-corrected chi connectivity index (χ4v) is 6.91. The molecule has 0 saturated carbocycles. The monoisotopic (exact) mass is 571 g/mol. The Balaban J connectivity index is 1.27.